The molecule has 1 aliphatic heterocycles. The number of nitrogens with zero attached hydrogens (tertiary/aromatic N) is 1. The molecule has 0 N–H and O–H groups in total. The van der Waals surface area contributed by atoms with Gasteiger partial charge >= 0.3 is 0 Å². The zero-order valence-corrected chi connectivity index (χ0v) is 10.9. The molecular formula is C11H15NO2S2. The van der Waals surface area contributed by atoms with Crippen LogP contribution < -0.4 is 0 Å². The fourth-order valence-electron chi connectivity index (χ4n) is 1.77. The molecule has 2 rings (SSSR count). The number of hydrogen-bond donors (Lipinski definition) is 0. The lowest BCUT2D eigenvalue weighted by molar-refractivity contribution is -0.128. The zero-order valence-electron chi connectivity index (χ0n) is 9.22. The maximum atomic E-state index is 11.7. The summed E-state index contributed by atoms with van der Waals surface area (Å²) in [5.41, 5.74) is 1.25. The first-order chi connectivity index (χ1) is 7.83. The molecule has 1 fully saturated rings. The van der Waals surface area contributed by atoms with Gasteiger partial charge in [0.2, 0.25) is 5.91 Å². The van der Waals surface area contributed by atoms with Gasteiger partial charge in [0.25, 0.3) is 0 Å². The van der Waals surface area contributed by atoms with Gasteiger partial charge in [0.05, 0.1) is 5.75 Å². The molecule has 0 aliphatic carbocycles. The molecule has 1 aliphatic rings. The molecule has 0 spiro atoms. The van der Waals surface area contributed by atoms with Crippen molar-refractivity contribution in [3.8, 4) is 0 Å². The maximum Gasteiger partial charge on any atom is 0.233 e. The molecule has 3 nitrogen and oxygen atoms in total. The number of carbonyl (C=O) groups excluding carboxylic acids is 1. The highest BCUT2D eigenvalue weighted by atomic mass is 32.2. The van der Waals surface area contributed by atoms with Crippen molar-refractivity contribution in [2.75, 3.05) is 26.0 Å². The Morgan fingerprint density at radius 1 is 1.62 bits per heavy atom. The summed E-state index contributed by atoms with van der Waals surface area (Å²) in [6.07, 6.45) is 0.906. The molecule has 1 atom stereocenters. The Labute approximate surface area is 104 Å². The molecule has 2 heterocycles. The lowest BCUT2D eigenvalue weighted by atomic mass is 10.3. The Hall–Kier alpha value is -0.520. The molecule has 16 heavy (non-hydrogen) atoms. The molecule has 0 saturated carbocycles. The van der Waals surface area contributed by atoms with Gasteiger partial charge in [0, 0.05) is 20.3 Å². The molecular weight excluding hydrogens is 242 g/mol. The van der Waals surface area contributed by atoms with E-state index in [1.807, 2.05) is 4.90 Å². The van der Waals surface area contributed by atoms with Gasteiger partial charge in [-0.15, -0.1) is 11.8 Å². The van der Waals surface area contributed by atoms with Crippen LogP contribution in [0.25, 0.3) is 0 Å². The second-order valence-corrected chi connectivity index (χ2v) is 5.50. The third-order valence-corrected chi connectivity index (χ3v) is 4.50. The third kappa shape index (κ3) is 2.59. The van der Waals surface area contributed by atoms with Crippen molar-refractivity contribution in [2.24, 2.45) is 0 Å². The van der Waals surface area contributed by atoms with Crippen LogP contribution in [0.1, 0.15) is 17.4 Å². The molecule has 0 radical (unpaired) electrons. The quantitative estimate of drug-likeness (QED) is 0.758. The largest absolute Gasteiger partial charge is 0.385 e. The van der Waals surface area contributed by atoms with Gasteiger partial charge in [-0.3, -0.25) is 4.79 Å². The van der Waals surface area contributed by atoms with Gasteiger partial charge in [0.15, 0.2) is 0 Å². The Morgan fingerprint density at radius 3 is 3.19 bits per heavy atom. The van der Waals surface area contributed by atoms with Crippen LogP contribution in [0.15, 0.2) is 16.8 Å². The molecule has 1 aromatic heterocycles. The highest BCUT2D eigenvalue weighted by Gasteiger charge is 2.32. The lowest BCUT2D eigenvalue weighted by Gasteiger charge is -2.23. The summed E-state index contributed by atoms with van der Waals surface area (Å²) >= 11 is 3.40. The van der Waals surface area contributed by atoms with Crippen LogP contribution in [0.2, 0.25) is 0 Å². The van der Waals surface area contributed by atoms with Crippen LogP contribution in [0, 0.1) is 0 Å². The van der Waals surface area contributed by atoms with Gasteiger partial charge in [-0.1, -0.05) is 0 Å². The highest BCUT2D eigenvalue weighted by molar-refractivity contribution is 8.00. The van der Waals surface area contributed by atoms with Crippen molar-refractivity contribution >= 4 is 29.0 Å². The van der Waals surface area contributed by atoms with Gasteiger partial charge in [0.1, 0.15) is 5.37 Å². The first-order valence-corrected chi connectivity index (χ1v) is 7.24. The van der Waals surface area contributed by atoms with E-state index in [2.05, 4.69) is 16.8 Å². The average molecular weight is 257 g/mol. The first kappa shape index (κ1) is 12.0. The van der Waals surface area contributed by atoms with E-state index in [-0.39, 0.29) is 11.3 Å². The number of amides is 1. The number of ether oxygens (including phenoxy) is 1. The van der Waals surface area contributed by atoms with Crippen molar-refractivity contribution in [3.05, 3.63) is 22.4 Å². The van der Waals surface area contributed by atoms with Crippen LogP contribution in [0.3, 0.4) is 0 Å². The molecule has 1 aromatic rings. The minimum absolute atomic E-state index is 0.218. The lowest BCUT2D eigenvalue weighted by Crippen LogP contribution is -2.29. The van der Waals surface area contributed by atoms with Crippen LogP contribution in [0.4, 0.5) is 0 Å². The van der Waals surface area contributed by atoms with Gasteiger partial charge < -0.3 is 9.64 Å². The normalized spacial score (nSPS) is 20.7. The van der Waals surface area contributed by atoms with Crippen molar-refractivity contribution in [3.63, 3.8) is 0 Å². The van der Waals surface area contributed by atoms with Crippen molar-refractivity contribution in [1.29, 1.82) is 0 Å². The predicted molar refractivity (Wildman–Crippen MR) is 67.7 cm³/mol. The van der Waals surface area contributed by atoms with E-state index in [9.17, 15) is 4.79 Å². The standard InChI is InChI=1S/C11H15NO2S2/c1-14-5-2-4-12-10(13)8-16-11(12)9-3-6-15-7-9/h3,6-7,11H,2,4-5,8H2,1H3. The summed E-state index contributed by atoms with van der Waals surface area (Å²) in [7, 11) is 1.69. The molecule has 5 heteroatoms. The summed E-state index contributed by atoms with van der Waals surface area (Å²) in [6, 6.07) is 2.10. The summed E-state index contributed by atoms with van der Waals surface area (Å²) in [5, 5.41) is 4.40. The van der Waals surface area contributed by atoms with E-state index in [0.717, 1.165) is 13.0 Å². The van der Waals surface area contributed by atoms with Crippen molar-refractivity contribution < 1.29 is 9.53 Å². The molecule has 1 saturated heterocycles. The van der Waals surface area contributed by atoms with Crippen molar-refractivity contribution in [1.82, 2.24) is 4.90 Å². The van der Waals surface area contributed by atoms with E-state index < -0.39 is 0 Å². The average Bonchev–Trinajstić information content (AvgIpc) is 2.89. The first-order valence-electron chi connectivity index (χ1n) is 5.25. The fourth-order valence-corrected chi connectivity index (χ4v) is 3.74. The number of methoxy groups -OCH3 is 1. The Morgan fingerprint density at radius 2 is 2.50 bits per heavy atom. The molecule has 88 valence electrons. The summed E-state index contributed by atoms with van der Waals surface area (Å²) in [6.45, 7) is 1.50. The second-order valence-electron chi connectivity index (χ2n) is 3.65. The van der Waals surface area contributed by atoms with Crippen LogP contribution >= 0.6 is 23.1 Å². The van der Waals surface area contributed by atoms with E-state index in [1.165, 1.54) is 5.56 Å². The van der Waals surface area contributed by atoms with Crippen molar-refractivity contribution in [2.45, 2.75) is 11.8 Å². The van der Waals surface area contributed by atoms with E-state index in [4.69, 9.17) is 4.74 Å². The molecule has 0 bridgehead atoms. The summed E-state index contributed by atoms with van der Waals surface area (Å²) in [5.74, 6) is 0.852. The predicted octanol–water partition coefficient (Wildman–Crippen LogP) is 2.36. The Bertz CT molecular complexity index is 340. The summed E-state index contributed by atoms with van der Waals surface area (Å²) < 4.78 is 5.02. The molecule has 0 aromatic carbocycles. The Kier molecular flexibility index (Phi) is 4.26. The zero-order chi connectivity index (χ0) is 11.4. The van der Waals surface area contributed by atoms with E-state index >= 15 is 0 Å². The maximum absolute atomic E-state index is 11.7. The monoisotopic (exact) mass is 257 g/mol. The van der Waals surface area contributed by atoms with Gasteiger partial charge in [-0.25, -0.2) is 0 Å². The van der Waals surface area contributed by atoms with Crippen LogP contribution in [-0.2, 0) is 9.53 Å². The number of thiophene rings is 1. The van der Waals surface area contributed by atoms with Gasteiger partial charge in [-0.05, 0) is 28.8 Å². The third-order valence-electron chi connectivity index (χ3n) is 2.54. The number of hydrogen-bond acceptors (Lipinski definition) is 4. The smallest absolute Gasteiger partial charge is 0.233 e. The second kappa shape index (κ2) is 5.70. The minimum Gasteiger partial charge on any atom is -0.385 e. The number of carbonyl (C=O) groups is 1. The summed E-state index contributed by atoms with van der Waals surface area (Å²) in [4.78, 5) is 13.7. The number of thioether (sulfide) groups is 1. The van der Waals surface area contributed by atoms with Gasteiger partial charge in [-0.2, -0.15) is 11.3 Å². The topological polar surface area (TPSA) is 29.5 Å². The molecule has 1 unspecified atom stereocenters. The van der Waals surface area contributed by atoms with Crippen LogP contribution in [0.5, 0.6) is 0 Å². The van der Waals surface area contributed by atoms with Crippen LogP contribution in [-0.4, -0.2) is 36.8 Å². The van der Waals surface area contributed by atoms with E-state index in [0.29, 0.717) is 12.4 Å². The molecule has 1 amide bonds. The number of rotatable bonds is 5. The SMILES string of the molecule is COCCCN1C(=O)CSC1c1ccsc1. The van der Waals surface area contributed by atoms with E-state index in [1.54, 1.807) is 30.2 Å². The minimum atomic E-state index is 0.218. The Balaban J connectivity index is 1.99. The highest BCUT2D eigenvalue weighted by Crippen LogP contribution is 2.39. The fraction of sp³-hybridized carbons (Fsp3) is 0.545.